The van der Waals surface area contributed by atoms with Crippen molar-refractivity contribution >= 4 is 10.9 Å². The van der Waals surface area contributed by atoms with Gasteiger partial charge in [0.05, 0.1) is 11.7 Å². The third kappa shape index (κ3) is 1.89. The van der Waals surface area contributed by atoms with Crippen molar-refractivity contribution in [2.75, 3.05) is 0 Å². The molecule has 0 saturated heterocycles. The van der Waals surface area contributed by atoms with Gasteiger partial charge in [-0.15, -0.1) is 0 Å². The molecule has 0 aliphatic rings. The van der Waals surface area contributed by atoms with Crippen LogP contribution in [0, 0.1) is 6.92 Å². The van der Waals surface area contributed by atoms with Gasteiger partial charge in [-0.25, -0.2) is 0 Å². The van der Waals surface area contributed by atoms with Gasteiger partial charge in [0.25, 0.3) is 0 Å². The van der Waals surface area contributed by atoms with E-state index in [0.717, 1.165) is 0 Å². The lowest BCUT2D eigenvalue weighted by atomic mass is 10.2. The minimum absolute atomic E-state index is 1.19. The average molecular weight is 176 g/mol. The van der Waals surface area contributed by atoms with Crippen LogP contribution in [0.3, 0.4) is 0 Å². The molecule has 13 heavy (non-hydrogen) atoms. The Hall–Kier alpha value is -1.31. The summed E-state index contributed by atoms with van der Waals surface area (Å²) in [4.78, 5) is 0. The molecule has 2 heteroatoms. The third-order valence-corrected chi connectivity index (χ3v) is 1.90. The number of rotatable bonds is 0. The Labute approximate surface area is 79.2 Å². The van der Waals surface area contributed by atoms with Gasteiger partial charge in [0.15, 0.2) is 0 Å². The molecule has 0 aliphatic carbocycles. The van der Waals surface area contributed by atoms with E-state index in [1.165, 1.54) is 16.5 Å². The highest BCUT2D eigenvalue weighted by Crippen LogP contribution is 2.13. The lowest BCUT2D eigenvalue weighted by molar-refractivity contribution is 0.797. The molecule has 0 bridgehead atoms. The summed E-state index contributed by atoms with van der Waals surface area (Å²) >= 11 is 0. The molecule has 0 saturated carbocycles. The number of hydrogen-bond acceptors (Lipinski definition) is 1. The number of hydrogen-bond donors (Lipinski definition) is 0. The summed E-state index contributed by atoms with van der Waals surface area (Å²) < 4.78 is 1.88. The van der Waals surface area contributed by atoms with Crippen molar-refractivity contribution in [3.05, 3.63) is 30.0 Å². The maximum Gasteiger partial charge on any atom is 0.0679 e. The van der Waals surface area contributed by atoms with Crippen LogP contribution in [-0.4, -0.2) is 9.78 Å². The van der Waals surface area contributed by atoms with Crippen LogP contribution < -0.4 is 0 Å². The first-order chi connectivity index (χ1) is 6.27. The van der Waals surface area contributed by atoms with Gasteiger partial charge < -0.3 is 0 Å². The standard InChI is InChI=1S/C9H10N2.C2H6/c1-7-3-4-9-8(5-7)6-10-11(9)2;1-2/h3-6H,1-2H3;1-2H3. The quantitative estimate of drug-likeness (QED) is 0.603. The summed E-state index contributed by atoms with van der Waals surface area (Å²) in [5.41, 5.74) is 2.47. The van der Waals surface area contributed by atoms with E-state index >= 15 is 0 Å². The van der Waals surface area contributed by atoms with Gasteiger partial charge in [-0.05, 0) is 19.1 Å². The van der Waals surface area contributed by atoms with Gasteiger partial charge in [0.1, 0.15) is 0 Å². The van der Waals surface area contributed by atoms with Crippen molar-refractivity contribution in [1.82, 2.24) is 9.78 Å². The average Bonchev–Trinajstić information content (AvgIpc) is 2.51. The van der Waals surface area contributed by atoms with Gasteiger partial charge in [-0.2, -0.15) is 5.10 Å². The van der Waals surface area contributed by atoms with Crippen LogP contribution in [0.5, 0.6) is 0 Å². The van der Waals surface area contributed by atoms with Crippen LogP contribution in [0.4, 0.5) is 0 Å². The largest absolute Gasteiger partial charge is 0.268 e. The molecule has 0 aliphatic heterocycles. The van der Waals surface area contributed by atoms with E-state index in [-0.39, 0.29) is 0 Å². The molecule has 0 amide bonds. The van der Waals surface area contributed by atoms with E-state index in [2.05, 4.69) is 30.2 Å². The van der Waals surface area contributed by atoms with Crippen molar-refractivity contribution in [3.63, 3.8) is 0 Å². The second-order valence-electron chi connectivity index (χ2n) is 2.83. The third-order valence-electron chi connectivity index (χ3n) is 1.90. The van der Waals surface area contributed by atoms with Gasteiger partial charge >= 0.3 is 0 Å². The van der Waals surface area contributed by atoms with Crippen molar-refractivity contribution in [2.24, 2.45) is 7.05 Å². The highest BCUT2D eigenvalue weighted by atomic mass is 15.2. The molecule has 0 unspecified atom stereocenters. The number of aromatic nitrogens is 2. The fourth-order valence-corrected chi connectivity index (χ4v) is 1.28. The molecule has 2 rings (SSSR count). The Balaban J connectivity index is 0.000000396. The van der Waals surface area contributed by atoms with E-state index < -0.39 is 0 Å². The highest BCUT2D eigenvalue weighted by Gasteiger charge is 1.96. The maximum atomic E-state index is 4.15. The molecule has 2 nitrogen and oxygen atoms in total. The first-order valence-corrected chi connectivity index (χ1v) is 4.66. The molecule has 1 aromatic heterocycles. The zero-order valence-corrected chi connectivity index (χ0v) is 8.70. The normalized spacial score (nSPS) is 9.54. The van der Waals surface area contributed by atoms with Gasteiger partial charge in [0, 0.05) is 12.4 Å². The Kier molecular flexibility index (Phi) is 3.07. The number of fused-ring (bicyclic) bond motifs is 1. The summed E-state index contributed by atoms with van der Waals surface area (Å²) in [7, 11) is 1.96. The Morgan fingerprint density at radius 1 is 1.23 bits per heavy atom. The fourth-order valence-electron chi connectivity index (χ4n) is 1.28. The summed E-state index contributed by atoms with van der Waals surface area (Å²) in [6.07, 6.45) is 1.89. The second-order valence-corrected chi connectivity index (χ2v) is 2.83. The monoisotopic (exact) mass is 176 g/mol. The predicted molar refractivity (Wildman–Crippen MR) is 56.8 cm³/mol. The molecule has 0 fully saturated rings. The zero-order valence-electron chi connectivity index (χ0n) is 8.70. The highest BCUT2D eigenvalue weighted by molar-refractivity contribution is 5.79. The molecule has 0 radical (unpaired) electrons. The zero-order chi connectivity index (χ0) is 9.84. The molecule has 0 N–H and O–H groups in total. The maximum absolute atomic E-state index is 4.15. The van der Waals surface area contributed by atoms with Crippen molar-refractivity contribution in [3.8, 4) is 0 Å². The first-order valence-electron chi connectivity index (χ1n) is 4.66. The van der Waals surface area contributed by atoms with Crippen molar-refractivity contribution in [2.45, 2.75) is 20.8 Å². The predicted octanol–water partition coefficient (Wildman–Crippen LogP) is 2.91. The van der Waals surface area contributed by atoms with Crippen LogP contribution in [0.15, 0.2) is 24.4 Å². The molecule has 0 atom stereocenters. The minimum Gasteiger partial charge on any atom is -0.268 e. The van der Waals surface area contributed by atoms with E-state index in [0.29, 0.717) is 0 Å². The molecule has 1 heterocycles. The van der Waals surface area contributed by atoms with Crippen molar-refractivity contribution in [1.29, 1.82) is 0 Å². The van der Waals surface area contributed by atoms with Crippen LogP contribution in [0.1, 0.15) is 19.4 Å². The lowest BCUT2D eigenvalue weighted by Gasteiger charge is -1.93. The fraction of sp³-hybridized carbons (Fsp3) is 0.364. The Bertz CT molecular complexity index is 388. The number of benzene rings is 1. The van der Waals surface area contributed by atoms with Crippen LogP contribution in [0.25, 0.3) is 10.9 Å². The topological polar surface area (TPSA) is 17.8 Å². The van der Waals surface area contributed by atoms with Crippen LogP contribution in [-0.2, 0) is 7.05 Å². The molecule has 2 aromatic rings. The Morgan fingerprint density at radius 2 is 1.92 bits per heavy atom. The second kappa shape index (κ2) is 4.08. The smallest absolute Gasteiger partial charge is 0.0679 e. The SMILES string of the molecule is CC.Cc1ccc2c(cnn2C)c1. The summed E-state index contributed by atoms with van der Waals surface area (Å²) in [5, 5.41) is 5.37. The molecule has 70 valence electrons. The van der Waals surface area contributed by atoms with E-state index in [1.807, 2.05) is 31.8 Å². The lowest BCUT2D eigenvalue weighted by Crippen LogP contribution is -1.87. The van der Waals surface area contributed by atoms with Gasteiger partial charge in [0.2, 0.25) is 0 Å². The summed E-state index contributed by atoms with van der Waals surface area (Å²) in [6, 6.07) is 6.34. The summed E-state index contributed by atoms with van der Waals surface area (Å²) in [6.45, 7) is 6.09. The summed E-state index contributed by atoms with van der Waals surface area (Å²) in [5.74, 6) is 0. The molecular formula is C11H16N2. The molecular weight excluding hydrogens is 160 g/mol. The van der Waals surface area contributed by atoms with Gasteiger partial charge in [-0.3, -0.25) is 4.68 Å². The van der Waals surface area contributed by atoms with Gasteiger partial charge in [-0.1, -0.05) is 25.5 Å². The Morgan fingerprint density at radius 3 is 2.62 bits per heavy atom. The van der Waals surface area contributed by atoms with Crippen LogP contribution in [0.2, 0.25) is 0 Å². The number of aryl methyl sites for hydroxylation is 2. The van der Waals surface area contributed by atoms with Crippen molar-refractivity contribution < 1.29 is 0 Å². The van der Waals surface area contributed by atoms with Crippen LogP contribution >= 0.6 is 0 Å². The molecule has 1 aromatic carbocycles. The van der Waals surface area contributed by atoms with E-state index in [4.69, 9.17) is 0 Å². The van der Waals surface area contributed by atoms with E-state index in [9.17, 15) is 0 Å². The van der Waals surface area contributed by atoms with E-state index in [1.54, 1.807) is 0 Å². The minimum atomic E-state index is 1.19. The molecule has 0 spiro atoms. The first kappa shape index (κ1) is 9.78. The number of nitrogens with zero attached hydrogens (tertiary/aromatic N) is 2.